The summed E-state index contributed by atoms with van der Waals surface area (Å²) in [5.41, 5.74) is 9.81. The van der Waals surface area contributed by atoms with E-state index in [4.69, 9.17) is 51.1 Å². The largest absolute Gasteiger partial charge is 0.481 e. The number of hydrogen-bond donors (Lipinski definition) is 6. The molecule has 0 aromatic rings. The SMILES string of the molecule is CC(=O)O.CC(=O)O.CC(=O)O.CC(=O)O.NCCN.[Au]. The molecule has 0 unspecified atom stereocenters. The fourth-order valence-electron chi connectivity index (χ4n) is 0. The van der Waals surface area contributed by atoms with Gasteiger partial charge in [-0.1, -0.05) is 0 Å². The summed E-state index contributed by atoms with van der Waals surface area (Å²) in [6.07, 6.45) is 0. The molecule has 0 spiro atoms. The van der Waals surface area contributed by atoms with Gasteiger partial charge in [-0.05, 0) is 0 Å². The fraction of sp³-hybridized carbons (Fsp3) is 0.600. The van der Waals surface area contributed by atoms with Crippen LogP contribution in [0.1, 0.15) is 27.7 Å². The standard InChI is InChI=1S/C2H8N2.4C2H4O2.Au/c3-1-2-4;4*1-2(3)4;/h1-4H2;4*1H3,(H,3,4);. The van der Waals surface area contributed by atoms with E-state index in [-0.39, 0.29) is 22.4 Å². The molecule has 0 fully saturated rings. The maximum atomic E-state index is 9.00. The van der Waals surface area contributed by atoms with Crippen molar-refractivity contribution in [2.45, 2.75) is 27.7 Å². The zero-order valence-electron chi connectivity index (χ0n) is 12.3. The predicted molar refractivity (Wildman–Crippen MR) is 71.3 cm³/mol. The Morgan fingerprint density at radius 3 is 0.667 bits per heavy atom. The molecule has 0 rings (SSSR count). The van der Waals surface area contributed by atoms with Crippen molar-refractivity contribution in [3.05, 3.63) is 0 Å². The minimum Gasteiger partial charge on any atom is -0.481 e. The molecule has 0 aromatic heterocycles. The number of rotatable bonds is 1. The van der Waals surface area contributed by atoms with E-state index in [9.17, 15) is 0 Å². The van der Waals surface area contributed by atoms with E-state index in [1.54, 1.807) is 0 Å². The van der Waals surface area contributed by atoms with Crippen LogP contribution in [0.4, 0.5) is 0 Å². The molecule has 0 saturated heterocycles. The minimum atomic E-state index is -0.833. The van der Waals surface area contributed by atoms with Crippen LogP contribution in [0.2, 0.25) is 0 Å². The topological polar surface area (TPSA) is 201 Å². The van der Waals surface area contributed by atoms with Gasteiger partial charge in [0.1, 0.15) is 0 Å². The van der Waals surface area contributed by atoms with Crippen molar-refractivity contribution in [3.63, 3.8) is 0 Å². The van der Waals surface area contributed by atoms with Crippen molar-refractivity contribution >= 4 is 23.9 Å². The third kappa shape index (κ3) is 24000. The van der Waals surface area contributed by atoms with Gasteiger partial charge in [-0.3, -0.25) is 19.2 Å². The van der Waals surface area contributed by atoms with Crippen LogP contribution < -0.4 is 11.5 Å². The summed E-state index contributed by atoms with van der Waals surface area (Å²) in [6.45, 7) is 5.53. The average molecular weight is 497 g/mol. The Balaban J connectivity index is -0.0000000331. The van der Waals surface area contributed by atoms with Gasteiger partial charge in [0.25, 0.3) is 23.9 Å². The number of carboxylic acid groups (broad SMARTS) is 4. The first-order valence-electron chi connectivity index (χ1n) is 5.03. The minimum absolute atomic E-state index is 0. The Kier molecular flexibility index (Phi) is 63.3. The van der Waals surface area contributed by atoms with Crippen molar-refractivity contribution in [3.8, 4) is 0 Å². The van der Waals surface area contributed by atoms with Gasteiger partial charge in [-0.25, -0.2) is 0 Å². The Hall–Kier alpha value is -1.46. The number of carboxylic acids is 4. The van der Waals surface area contributed by atoms with Crippen molar-refractivity contribution < 1.29 is 62.0 Å². The molecule has 0 aromatic carbocycles. The monoisotopic (exact) mass is 497 g/mol. The summed E-state index contributed by atoms with van der Waals surface area (Å²) < 4.78 is 0. The molecule has 0 aliphatic carbocycles. The van der Waals surface area contributed by atoms with Crippen LogP contribution in [0.3, 0.4) is 0 Å². The molecule has 0 heterocycles. The smallest absolute Gasteiger partial charge is 0.300 e. The number of nitrogens with two attached hydrogens (primary N) is 2. The molecule has 0 bridgehead atoms. The van der Waals surface area contributed by atoms with Gasteiger partial charge in [0.05, 0.1) is 0 Å². The second kappa shape index (κ2) is 36.3. The van der Waals surface area contributed by atoms with E-state index in [0.717, 1.165) is 27.7 Å². The number of aliphatic carboxylic acids is 4. The molecule has 8 N–H and O–H groups in total. The molecule has 0 saturated carbocycles. The molecule has 0 aliphatic heterocycles. The fourth-order valence-corrected chi connectivity index (χ4v) is 0. The van der Waals surface area contributed by atoms with Crippen molar-refractivity contribution in [2.75, 3.05) is 13.1 Å². The predicted octanol–water partition coefficient (Wildman–Crippen LogP) is -0.735. The molecular weight excluding hydrogens is 473 g/mol. The van der Waals surface area contributed by atoms with Gasteiger partial charge in [0.15, 0.2) is 0 Å². The summed E-state index contributed by atoms with van der Waals surface area (Å²) in [5.74, 6) is -3.33. The quantitative estimate of drug-likeness (QED) is 0.251. The molecule has 0 aliphatic rings. The summed E-state index contributed by atoms with van der Waals surface area (Å²) in [5, 5.41) is 29.7. The summed E-state index contributed by atoms with van der Waals surface area (Å²) >= 11 is 0. The van der Waals surface area contributed by atoms with Crippen LogP contribution in [-0.2, 0) is 41.6 Å². The normalized spacial score (nSPS) is 6.19. The zero-order chi connectivity index (χ0) is 17.7. The molecule has 11 heteroatoms. The van der Waals surface area contributed by atoms with Crippen LogP contribution in [0.25, 0.3) is 0 Å². The molecular formula is C10H24AuN2O8. The number of carbonyl (C=O) groups is 4. The molecule has 21 heavy (non-hydrogen) atoms. The molecule has 10 nitrogen and oxygen atoms in total. The van der Waals surface area contributed by atoms with E-state index >= 15 is 0 Å². The van der Waals surface area contributed by atoms with Crippen molar-refractivity contribution in [2.24, 2.45) is 11.5 Å². The van der Waals surface area contributed by atoms with Gasteiger partial charge in [-0.15, -0.1) is 0 Å². The van der Waals surface area contributed by atoms with Crippen LogP contribution in [0, 0.1) is 0 Å². The van der Waals surface area contributed by atoms with Gasteiger partial charge in [0.2, 0.25) is 0 Å². The van der Waals surface area contributed by atoms with E-state index in [1.165, 1.54) is 0 Å². The molecule has 1 radical (unpaired) electrons. The molecule has 133 valence electrons. The maximum Gasteiger partial charge on any atom is 0.300 e. The Morgan fingerprint density at radius 1 is 0.619 bits per heavy atom. The van der Waals surface area contributed by atoms with Crippen LogP contribution in [0.15, 0.2) is 0 Å². The number of hydrogen-bond acceptors (Lipinski definition) is 6. The van der Waals surface area contributed by atoms with Gasteiger partial charge >= 0.3 is 0 Å². The first kappa shape index (κ1) is 36.6. The van der Waals surface area contributed by atoms with E-state index in [2.05, 4.69) is 0 Å². The second-order valence-corrected chi connectivity index (χ2v) is 2.65. The van der Waals surface area contributed by atoms with Gasteiger partial charge in [-0.2, -0.15) is 0 Å². The average Bonchev–Trinajstić information content (AvgIpc) is 2.13. The third-order valence-corrected chi connectivity index (χ3v) is 0.167. The van der Waals surface area contributed by atoms with E-state index in [0.29, 0.717) is 13.1 Å². The first-order chi connectivity index (χ1) is 8.84. The van der Waals surface area contributed by atoms with Crippen molar-refractivity contribution in [1.29, 1.82) is 0 Å². The van der Waals surface area contributed by atoms with Gasteiger partial charge < -0.3 is 31.9 Å². The van der Waals surface area contributed by atoms with Crippen LogP contribution in [-0.4, -0.2) is 57.4 Å². The zero-order valence-corrected chi connectivity index (χ0v) is 14.5. The molecule has 0 atom stereocenters. The Bertz CT molecular complexity index is 195. The summed E-state index contributed by atoms with van der Waals surface area (Å²) in [6, 6.07) is 0. The van der Waals surface area contributed by atoms with E-state index < -0.39 is 23.9 Å². The van der Waals surface area contributed by atoms with E-state index in [1.807, 2.05) is 0 Å². The van der Waals surface area contributed by atoms with Crippen LogP contribution >= 0.6 is 0 Å². The van der Waals surface area contributed by atoms with Gasteiger partial charge in [0, 0.05) is 63.2 Å². The molecule has 0 amide bonds. The Morgan fingerprint density at radius 2 is 0.667 bits per heavy atom. The summed E-state index contributed by atoms with van der Waals surface area (Å²) in [4.78, 5) is 36.0. The van der Waals surface area contributed by atoms with Crippen LogP contribution in [0.5, 0.6) is 0 Å². The third-order valence-electron chi connectivity index (χ3n) is 0.167. The van der Waals surface area contributed by atoms with Crippen molar-refractivity contribution in [1.82, 2.24) is 0 Å². The first-order valence-corrected chi connectivity index (χ1v) is 5.03. The second-order valence-electron chi connectivity index (χ2n) is 2.65. The maximum absolute atomic E-state index is 9.00. The summed E-state index contributed by atoms with van der Waals surface area (Å²) in [7, 11) is 0. The Labute approximate surface area is 138 Å².